The van der Waals surface area contributed by atoms with Gasteiger partial charge in [0.15, 0.2) is 5.11 Å². The number of halogens is 3. The molecule has 3 rings (SSSR count). The van der Waals surface area contributed by atoms with Crippen molar-refractivity contribution in [1.82, 2.24) is 10.6 Å². The Hall–Kier alpha value is -2.31. The van der Waals surface area contributed by atoms with Gasteiger partial charge < -0.3 is 16.0 Å². The van der Waals surface area contributed by atoms with Gasteiger partial charge in [-0.05, 0) is 54.4 Å². The summed E-state index contributed by atoms with van der Waals surface area (Å²) in [6.45, 7) is 3.95. The number of hydrogen-bond acceptors (Lipinski definition) is 2. The number of benzene rings is 3. The maximum absolute atomic E-state index is 13.4. The summed E-state index contributed by atoms with van der Waals surface area (Å²) in [5.74, 6) is -0.921. The molecule has 3 aromatic carbocycles. The molecule has 0 aromatic heterocycles. The quantitative estimate of drug-likeness (QED) is 0.205. The lowest BCUT2D eigenvalue weighted by atomic mass is 9.90. The van der Waals surface area contributed by atoms with Gasteiger partial charge in [-0.25, -0.2) is 0 Å². The van der Waals surface area contributed by atoms with Crippen LogP contribution in [0.1, 0.15) is 28.2 Å². The maximum Gasteiger partial charge on any atom is 0.233 e. The first-order valence-electron chi connectivity index (χ1n) is 10.3. The van der Waals surface area contributed by atoms with E-state index < -0.39 is 15.9 Å². The Morgan fingerprint density at radius 1 is 0.848 bits per heavy atom. The molecule has 0 aliphatic rings. The Kier molecular flexibility index (Phi) is 8.60. The molecule has 0 spiro atoms. The average Bonchev–Trinajstić information content (AvgIpc) is 2.77. The fourth-order valence-corrected chi connectivity index (χ4v) is 3.93. The van der Waals surface area contributed by atoms with Gasteiger partial charge in [0.05, 0.1) is 5.92 Å². The number of anilines is 1. The molecule has 0 bridgehead atoms. The lowest BCUT2D eigenvalue weighted by Gasteiger charge is -2.30. The average molecular weight is 521 g/mol. The molecule has 0 saturated heterocycles. The largest absolute Gasteiger partial charge is 0.339 e. The topological polar surface area (TPSA) is 53.2 Å². The first-order chi connectivity index (χ1) is 15.6. The lowest BCUT2D eigenvalue weighted by Crippen LogP contribution is -2.57. The van der Waals surface area contributed by atoms with E-state index in [-0.39, 0.29) is 11.0 Å². The second-order valence-electron chi connectivity index (χ2n) is 7.65. The highest BCUT2D eigenvalue weighted by molar-refractivity contribution is 7.80. The summed E-state index contributed by atoms with van der Waals surface area (Å²) in [4.78, 5) is 13.4. The predicted octanol–water partition coefficient (Wildman–Crippen LogP) is 6.23. The number of hydrogen-bond donors (Lipinski definition) is 3. The van der Waals surface area contributed by atoms with Crippen LogP contribution in [0.15, 0.2) is 78.9 Å². The van der Waals surface area contributed by atoms with Crippen molar-refractivity contribution in [2.45, 2.75) is 29.7 Å². The number of nitrogens with one attached hydrogen (secondary N) is 3. The third kappa shape index (κ3) is 7.08. The molecule has 0 fully saturated rings. The van der Waals surface area contributed by atoms with E-state index in [0.29, 0.717) is 0 Å². The molecule has 0 aliphatic heterocycles. The van der Waals surface area contributed by atoms with Crippen molar-refractivity contribution in [2.75, 3.05) is 5.32 Å². The van der Waals surface area contributed by atoms with Crippen molar-refractivity contribution < 1.29 is 4.79 Å². The molecule has 33 heavy (non-hydrogen) atoms. The predicted molar refractivity (Wildman–Crippen MR) is 142 cm³/mol. The summed E-state index contributed by atoms with van der Waals surface area (Å²) in [7, 11) is 0. The number of carbonyl (C=O) groups is 1. The van der Waals surface area contributed by atoms with Gasteiger partial charge in [0.25, 0.3) is 0 Å². The van der Waals surface area contributed by atoms with Crippen molar-refractivity contribution in [1.29, 1.82) is 0 Å². The normalized spacial score (nSPS) is 12.2. The first-order valence-corrected chi connectivity index (χ1v) is 11.8. The summed E-state index contributed by atoms with van der Waals surface area (Å²) in [6.07, 6.45) is -1.07. The number of aryl methyl sites for hydroxylation is 2. The second-order valence-corrected chi connectivity index (χ2v) is 10.4. The fourth-order valence-electron chi connectivity index (χ4n) is 3.37. The van der Waals surface area contributed by atoms with Crippen LogP contribution in [0.2, 0.25) is 0 Å². The van der Waals surface area contributed by atoms with E-state index in [2.05, 4.69) is 16.0 Å². The van der Waals surface area contributed by atoms with E-state index in [4.69, 9.17) is 47.0 Å². The Morgan fingerprint density at radius 2 is 1.39 bits per heavy atom. The van der Waals surface area contributed by atoms with Crippen LogP contribution in [0.3, 0.4) is 0 Å². The number of alkyl halides is 3. The fraction of sp³-hybridized carbons (Fsp3) is 0.200. The van der Waals surface area contributed by atoms with Crippen molar-refractivity contribution >= 4 is 63.7 Å². The third-order valence-corrected chi connectivity index (χ3v) is 5.93. The molecular weight excluding hydrogens is 497 g/mol. The van der Waals surface area contributed by atoms with E-state index in [1.807, 2.05) is 92.7 Å². The molecule has 0 heterocycles. The SMILES string of the molecule is Cc1ccc(C)c(NC(=S)N[C@H](NC(=O)C(c2ccccc2)c2ccccc2)C(Cl)(Cl)Cl)c1. The lowest BCUT2D eigenvalue weighted by molar-refractivity contribution is -0.122. The van der Waals surface area contributed by atoms with Gasteiger partial charge in [-0.3, -0.25) is 4.79 Å². The summed E-state index contributed by atoms with van der Waals surface area (Å²) < 4.78 is -1.86. The Morgan fingerprint density at radius 3 is 1.91 bits per heavy atom. The van der Waals surface area contributed by atoms with Gasteiger partial charge in [-0.15, -0.1) is 0 Å². The highest BCUT2D eigenvalue weighted by Crippen LogP contribution is 2.31. The Bertz CT molecular complexity index is 1070. The van der Waals surface area contributed by atoms with E-state index in [1.54, 1.807) is 0 Å². The minimum absolute atomic E-state index is 0.219. The van der Waals surface area contributed by atoms with Gasteiger partial charge >= 0.3 is 0 Å². The van der Waals surface area contributed by atoms with Crippen LogP contribution in [0.4, 0.5) is 5.69 Å². The summed E-state index contributed by atoms with van der Waals surface area (Å²) in [5, 5.41) is 9.09. The molecule has 3 aromatic rings. The van der Waals surface area contributed by atoms with Gasteiger partial charge in [0, 0.05) is 5.69 Å². The smallest absolute Gasteiger partial charge is 0.233 e. The van der Waals surface area contributed by atoms with Gasteiger partial charge in [-0.2, -0.15) is 0 Å². The minimum atomic E-state index is -1.86. The molecule has 1 atom stereocenters. The van der Waals surface area contributed by atoms with E-state index in [9.17, 15) is 4.79 Å². The first kappa shape index (κ1) is 25.3. The van der Waals surface area contributed by atoms with Crippen molar-refractivity contribution in [3.8, 4) is 0 Å². The Balaban J connectivity index is 1.81. The zero-order valence-corrected chi connectivity index (χ0v) is 21.2. The van der Waals surface area contributed by atoms with Gasteiger partial charge in [0.2, 0.25) is 9.70 Å². The molecule has 172 valence electrons. The Labute approximate surface area is 214 Å². The molecule has 0 aliphatic carbocycles. The van der Waals surface area contributed by atoms with E-state index in [1.165, 1.54) is 0 Å². The number of carbonyl (C=O) groups excluding carboxylic acids is 1. The van der Waals surface area contributed by atoms with Crippen LogP contribution in [-0.4, -0.2) is 21.0 Å². The second kappa shape index (κ2) is 11.2. The molecule has 4 nitrogen and oxygen atoms in total. The van der Waals surface area contributed by atoms with Crippen LogP contribution in [0, 0.1) is 13.8 Å². The highest BCUT2D eigenvalue weighted by Gasteiger charge is 2.36. The molecule has 8 heteroatoms. The van der Waals surface area contributed by atoms with Crippen LogP contribution >= 0.6 is 47.0 Å². The standard InChI is InChI=1S/C25H24Cl3N3OS/c1-16-13-14-17(2)20(15-16)29-24(33)31-23(25(26,27)28)30-22(32)21(18-9-5-3-6-10-18)19-11-7-4-8-12-19/h3-15,21,23H,1-2H3,(H,30,32)(H2,29,31,33)/t23-/m0/s1. The van der Waals surface area contributed by atoms with Crippen LogP contribution in [0.25, 0.3) is 0 Å². The van der Waals surface area contributed by atoms with Gasteiger partial charge in [0.1, 0.15) is 6.17 Å². The zero-order chi connectivity index (χ0) is 24.0. The molecule has 3 N–H and O–H groups in total. The molecule has 0 radical (unpaired) electrons. The summed E-state index contributed by atoms with van der Waals surface area (Å²) in [6, 6.07) is 24.8. The van der Waals surface area contributed by atoms with Gasteiger partial charge in [-0.1, -0.05) is 108 Å². The molecule has 0 saturated carbocycles. The van der Waals surface area contributed by atoms with E-state index >= 15 is 0 Å². The van der Waals surface area contributed by atoms with Crippen LogP contribution in [-0.2, 0) is 4.79 Å². The summed E-state index contributed by atoms with van der Waals surface area (Å²) >= 11 is 24.1. The van der Waals surface area contributed by atoms with Crippen molar-refractivity contribution in [3.05, 3.63) is 101 Å². The van der Waals surface area contributed by atoms with Crippen LogP contribution in [0.5, 0.6) is 0 Å². The highest BCUT2D eigenvalue weighted by atomic mass is 35.6. The number of amides is 1. The third-order valence-electron chi connectivity index (χ3n) is 5.06. The summed E-state index contributed by atoms with van der Waals surface area (Å²) in [5.41, 5.74) is 4.55. The van der Waals surface area contributed by atoms with Crippen molar-refractivity contribution in [2.24, 2.45) is 0 Å². The molecule has 0 unspecified atom stereocenters. The number of rotatable bonds is 6. The van der Waals surface area contributed by atoms with Crippen LogP contribution < -0.4 is 16.0 Å². The number of thiocarbonyl (C=S) groups is 1. The minimum Gasteiger partial charge on any atom is -0.339 e. The van der Waals surface area contributed by atoms with E-state index in [0.717, 1.165) is 27.9 Å². The van der Waals surface area contributed by atoms with Crippen molar-refractivity contribution in [3.63, 3.8) is 0 Å². The maximum atomic E-state index is 13.4. The molecule has 1 amide bonds. The zero-order valence-electron chi connectivity index (χ0n) is 18.1. The molecular formula is C25H24Cl3N3OS. The monoisotopic (exact) mass is 519 g/mol.